The molecule has 0 saturated heterocycles. The molecule has 0 rings (SSSR count). The van der Waals surface area contributed by atoms with Gasteiger partial charge in [-0.3, -0.25) is 0 Å². The zero-order valence-electron chi connectivity index (χ0n) is 5.97. The third-order valence-electron chi connectivity index (χ3n) is 0.837. The summed E-state index contributed by atoms with van der Waals surface area (Å²) in [5.74, 6) is -0.693. The number of allylic oxidation sites excluding steroid dienone is 2. The van der Waals surface area contributed by atoms with Gasteiger partial charge < -0.3 is 5.73 Å². The number of hydrogen-bond donors (Lipinski definition) is 1. The standard InChI is InChI=1S/C7H11FN2/c1-3-5-10-7(9)6(8)4-2/h4-5H,2-3,9H2,1H3/b7-6-,10-5?. The molecule has 0 aromatic carbocycles. The van der Waals surface area contributed by atoms with E-state index in [4.69, 9.17) is 5.73 Å². The number of aliphatic imine (C=N–C) groups is 1. The molecule has 0 bridgehead atoms. The Morgan fingerprint density at radius 1 is 1.80 bits per heavy atom. The monoisotopic (exact) mass is 142 g/mol. The molecule has 0 atom stereocenters. The third kappa shape index (κ3) is 3.02. The molecular weight excluding hydrogens is 131 g/mol. The topological polar surface area (TPSA) is 38.4 Å². The van der Waals surface area contributed by atoms with Crippen molar-refractivity contribution in [1.82, 2.24) is 0 Å². The molecule has 56 valence electrons. The molecule has 0 aliphatic carbocycles. The smallest absolute Gasteiger partial charge is 0.164 e. The molecule has 0 heterocycles. The molecule has 0 aliphatic heterocycles. The van der Waals surface area contributed by atoms with Gasteiger partial charge in [0.15, 0.2) is 11.6 Å². The van der Waals surface area contributed by atoms with Gasteiger partial charge in [0.2, 0.25) is 0 Å². The minimum atomic E-state index is -0.579. The molecule has 0 aliphatic rings. The zero-order valence-corrected chi connectivity index (χ0v) is 5.97. The van der Waals surface area contributed by atoms with Crippen molar-refractivity contribution >= 4 is 6.21 Å². The SMILES string of the molecule is C=C/C(F)=C(\N)N=CCC. The highest BCUT2D eigenvalue weighted by Crippen LogP contribution is 2.01. The number of halogens is 1. The van der Waals surface area contributed by atoms with Crippen molar-refractivity contribution < 1.29 is 4.39 Å². The van der Waals surface area contributed by atoms with Crippen LogP contribution in [0, 0.1) is 0 Å². The van der Waals surface area contributed by atoms with Gasteiger partial charge in [-0.05, 0) is 12.5 Å². The predicted octanol–water partition coefficient (Wildman–Crippen LogP) is 1.75. The number of rotatable bonds is 3. The Morgan fingerprint density at radius 3 is 2.80 bits per heavy atom. The van der Waals surface area contributed by atoms with Crippen LogP contribution in [-0.4, -0.2) is 6.21 Å². The van der Waals surface area contributed by atoms with Crippen LogP contribution in [0.2, 0.25) is 0 Å². The number of nitrogens with two attached hydrogens (primary N) is 1. The second-order valence-electron chi connectivity index (χ2n) is 1.66. The summed E-state index contributed by atoms with van der Waals surface area (Å²) in [6.07, 6.45) is 3.31. The van der Waals surface area contributed by atoms with Crippen molar-refractivity contribution in [1.29, 1.82) is 0 Å². The maximum absolute atomic E-state index is 12.4. The van der Waals surface area contributed by atoms with E-state index in [1.807, 2.05) is 6.92 Å². The van der Waals surface area contributed by atoms with Gasteiger partial charge in [0.25, 0.3) is 0 Å². The van der Waals surface area contributed by atoms with Crippen LogP contribution in [0.15, 0.2) is 29.3 Å². The molecule has 0 aromatic rings. The Hall–Kier alpha value is -1.12. The van der Waals surface area contributed by atoms with E-state index < -0.39 is 5.83 Å². The Kier molecular flexibility index (Phi) is 4.20. The lowest BCUT2D eigenvalue weighted by Gasteiger charge is -1.90. The summed E-state index contributed by atoms with van der Waals surface area (Å²) in [6, 6.07) is 0. The predicted molar refractivity (Wildman–Crippen MR) is 41.3 cm³/mol. The Morgan fingerprint density at radius 2 is 2.40 bits per heavy atom. The molecule has 0 amide bonds. The van der Waals surface area contributed by atoms with Crippen LogP contribution in [0.4, 0.5) is 4.39 Å². The molecule has 2 nitrogen and oxygen atoms in total. The van der Waals surface area contributed by atoms with Gasteiger partial charge in [0.05, 0.1) is 0 Å². The average molecular weight is 142 g/mol. The van der Waals surface area contributed by atoms with Crippen molar-refractivity contribution in [2.75, 3.05) is 0 Å². The second kappa shape index (κ2) is 4.73. The van der Waals surface area contributed by atoms with Crippen LogP contribution in [0.25, 0.3) is 0 Å². The van der Waals surface area contributed by atoms with E-state index in [0.717, 1.165) is 12.5 Å². The first kappa shape index (κ1) is 8.88. The fourth-order valence-corrected chi connectivity index (χ4v) is 0.356. The molecule has 0 unspecified atom stereocenters. The minimum absolute atomic E-state index is 0.114. The largest absolute Gasteiger partial charge is 0.381 e. The van der Waals surface area contributed by atoms with E-state index in [9.17, 15) is 4.39 Å². The lowest BCUT2D eigenvalue weighted by atomic mass is 10.5. The van der Waals surface area contributed by atoms with Crippen LogP contribution in [-0.2, 0) is 0 Å². The minimum Gasteiger partial charge on any atom is -0.381 e. The van der Waals surface area contributed by atoms with Gasteiger partial charge in [-0.1, -0.05) is 13.5 Å². The molecule has 0 fully saturated rings. The van der Waals surface area contributed by atoms with E-state index in [2.05, 4.69) is 11.6 Å². The summed E-state index contributed by atoms with van der Waals surface area (Å²) in [4.78, 5) is 3.60. The highest BCUT2D eigenvalue weighted by molar-refractivity contribution is 5.58. The molecule has 2 N–H and O–H groups in total. The Balaban J connectivity index is 4.17. The Labute approximate surface area is 60.0 Å². The van der Waals surface area contributed by atoms with Crippen molar-refractivity contribution in [3.8, 4) is 0 Å². The number of nitrogens with zero attached hydrogens (tertiary/aromatic N) is 1. The molecule has 3 heteroatoms. The molecular formula is C7H11FN2. The first-order valence-corrected chi connectivity index (χ1v) is 3.02. The fourth-order valence-electron chi connectivity index (χ4n) is 0.356. The highest BCUT2D eigenvalue weighted by atomic mass is 19.1. The zero-order chi connectivity index (χ0) is 7.98. The third-order valence-corrected chi connectivity index (χ3v) is 0.837. The van der Waals surface area contributed by atoms with Gasteiger partial charge >= 0.3 is 0 Å². The van der Waals surface area contributed by atoms with Crippen molar-refractivity contribution in [3.05, 3.63) is 24.3 Å². The first-order chi connectivity index (χ1) is 4.72. The van der Waals surface area contributed by atoms with Crippen LogP contribution in [0.3, 0.4) is 0 Å². The van der Waals surface area contributed by atoms with Gasteiger partial charge in [0.1, 0.15) is 0 Å². The van der Waals surface area contributed by atoms with E-state index in [1.165, 1.54) is 0 Å². The number of hydrogen-bond acceptors (Lipinski definition) is 2. The summed E-state index contributed by atoms with van der Waals surface area (Å²) < 4.78 is 12.4. The van der Waals surface area contributed by atoms with Crippen LogP contribution in [0.1, 0.15) is 13.3 Å². The van der Waals surface area contributed by atoms with Gasteiger partial charge in [0, 0.05) is 6.21 Å². The maximum Gasteiger partial charge on any atom is 0.164 e. The summed E-state index contributed by atoms with van der Waals surface area (Å²) in [6.45, 7) is 5.09. The summed E-state index contributed by atoms with van der Waals surface area (Å²) in [5.41, 5.74) is 5.15. The molecule has 0 saturated carbocycles. The second-order valence-corrected chi connectivity index (χ2v) is 1.66. The van der Waals surface area contributed by atoms with Crippen LogP contribution >= 0.6 is 0 Å². The van der Waals surface area contributed by atoms with Gasteiger partial charge in [-0.15, -0.1) is 0 Å². The molecule has 0 spiro atoms. The van der Waals surface area contributed by atoms with Gasteiger partial charge in [-0.25, -0.2) is 9.38 Å². The van der Waals surface area contributed by atoms with Crippen LogP contribution in [0.5, 0.6) is 0 Å². The van der Waals surface area contributed by atoms with E-state index in [0.29, 0.717) is 0 Å². The lowest BCUT2D eigenvalue weighted by molar-refractivity contribution is 0.651. The lowest BCUT2D eigenvalue weighted by Crippen LogP contribution is -1.95. The molecule has 0 radical (unpaired) electrons. The van der Waals surface area contributed by atoms with E-state index in [-0.39, 0.29) is 5.82 Å². The summed E-state index contributed by atoms with van der Waals surface area (Å²) in [5, 5.41) is 0. The van der Waals surface area contributed by atoms with Crippen molar-refractivity contribution in [2.45, 2.75) is 13.3 Å². The van der Waals surface area contributed by atoms with Gasteiger partial charge in [-0.2, -0.15) is 0 Å². The summed E-state index contributed by atoms with van der Waals surface area (Å²) in [7, 11) is 0. The fraction of sp³-hybridized carbons (Fsp3) is 0.286. The van der Waals surface area contributed by atoms with Crippen molar-refractivity contribution in [3.63, 3.8) is 0 Å². The average Bonchev–Trinajstić information content (AvgIpc) is 1.98. The van der Waals surface area contributed by atoms with Crippen molar-refractivity contribution in [2.24, 2.45) is 10.7 Å². The Bertz CT molecular complexity index is 170. The highest BCUT2D eigenvalue weighted by Gasteiger charge is 1.91. The summed E-state index contributed by atoms with van der Waals surface area (Å²) >= 11 is 0. The van der Waals surface area contributed by atoms with E-state index in [1.54, 1.807) is 6.21 Å². The normalized spacial score (nSPS) is 13.4. The molecule has 0 aromatic heterocycles. The quantitative estimate of drug-likeness (QED) is 0.473. The first-order valence-electron chi connectivity index (χ1n) is 3.02. The maximum atomic E-state index is 12.4. The van der Waals surface area contributed by atoms with E-state index >= 15 is 0 Å². The molecule has 10 heavy (non-hydrogen) atoms. The van der Waals surface area contributed by atoms with Crippen LogP contribution < -0.4 is 5.73 Å².